The minimum absolute atomic E-state index is 0.0324. The summed E-state index contributed by atoms with van der Waals surface area (Å²) in [6.45, 7) is 11.5. The number of thioether (sulfide) groups is 1. The van der Waals surface area contributed by atoms with Gasteiger partial charge in [-0.3, -0.25) is 0 Å². The van der Waals surface area contributed by atoms with Crippen molar-refractivity contribution >= 4 is 17.9 Å². The van der Waals surface area contributed by atoms with Crippen LogP contribution in [-0.4, -0.2) is 42.3 Å². The molecule has 0 fully saturated rings. The second-order valence-electron chi connectivity index (χ2n) is 6.12. The van der Waals surface area contributed by atoms with Crippen molar-refractivity contribution < 1.29 is 9.53 Å². The maximum atomic E-state index is 11.7. The molecule has 0 radical (unpaired) electrons. The van der Waals surface area contributed by atoms with Crippen LogP contribution >= 0.6 is 11.8 Å². The largest absolute Gasteiger partial charge is 0.444 e. The molecule has 4 nitrogen and oxygen atoms in total. The highest BCUT2D eigenvalue weighted by Crippen LogP contribution is 2.15. The van der Waals surface area contributed by atoms with E-state index < -0.39 is 5.60 Å². The van der Waals surface area contributed by atoms with Gasteiger partial charge >= 0.3 is 6.09 Å². The fraction of sp³-hybridized carbons (Fsp3) is 0.933. The number of amides is 1. The maximum Gasteiger partial charge on any atom is 0.407 e. The number of hydrogen-bond donors (Lipinski definition) is 2. The molecule has 2 N–H and O–H groups in total. The van der Waals surface area contributed by atoms with Gasteiger partial charge < -0.3 is 15.4 Å². The first-order chi connectivity index (χ1) is 9.28. The topological polar surface area (TPSA) is 50.4 Å². The monoisotopic (exact) mass is 304 g/mol. The number of ether oxygens (including phenoxy) is 1. The Kier molecular flexibility index (Phi) is 9.30. The van der Waals surface area contributed by atoms with Crippen LogP contribution in [0.5, 0.6) is 0 Å². The molecule has 120 valence electrons. The summed E-state index contributed by atoms with van der Waals surface area (Å²) in [4.78, 5) is 11.7. The van der Waals surface area contributed by atoms with Crippen LogP contribution in [0, 0.1) is 0 Å². The summed E-state index contributed by atoms with van der Waals surface area (Å²) < 4.78 is 5.28. The predicted molar refractivity (Wildman–Crippen MR) is 88.6 cm³/mol. The van der Waals surface area contributed by atoms with E-state index in [2.05, 4.69) is 30.7 Å². The Morgan fingerprint density at radius 1 is 1.20 bits per heavy atom. The highest BCUT2D eigenvalue weighted by Gasteiger charge is 2.26. The number of nitrogens with one attached hydrogen (secondary N) is 2. The van der Waals surface area contributed by atoms with Crippen molar-refractivity contribution in [3.05, 3.63) is 0 Å². The van der Waals surface area contributed by atoms with E-state index in [1.54, 1.807) is 0 Å². The van der Waals surface area contributed by atoms with Crippen molar-refractivity contribution in [2.24, 2.45) is 0 Å². The van der Waals surface area contributed by atoms with E-state index in [0.717, 1.165) is 31.6 Å². The molecule has 0 aliphatic carbocycles. The summed E-state index contributed by atoms with van der Waals surface area (Å²) >= 11 is 1.86. The van der Waals surface area contributed by atoms with Gasteiger partial charge in [-0.1, -0.05) is 13.8 Å². The maximum absolute atomic E-state index is 11.7. The average molecular weight is 304 g/mol. The first-order valence-electron chi connectivity index (χ1n) is 7.49. The van der Waals surface area contributed by atoms with Crippen molar-refractivity contribution in [3.8, 4) is 0 Å². The Labute approximate surface area is 128 Å². The van der Waals surface area contributed by atoms with Gasteiger partial charge in [-0.15, -0.1) is 0 Å². The zero-order valence-corrected chi connectivity index (χ0v) is 14.8. The second-order valence-corrected chi connectivity index (χ2v) is 7.10. The Morgan fingerprint density at radius 2 is 1.80 bits per heavy atom. The summed E-state index contributed by atoms with van der Waals surface area (Å²) in [5, 5.41) is 6.50. The molecule has 0 unspecified atom stereocenters. The molecular weight excluding hydrogens is 272 g/mol. The van der Waals surface area contributed by atoms with Crippen molar-refractivity contribution in [1.82, 2.24) is 10.6 Å². The Morgan fingerprint density at radius 3 is 2.25 bits per heavy atom. The fourth-order valence-corrected chi connectivity index (χ4v) is 2.37. The molecule has 0 aromatic heterocycles. The molecule has 1 amide bonds. The summed E-state index contributed by atoms with van der Waals surface area (Å²) in [7, 11) is 0. The van der Waals surface area contributed by atoms with E-state index >= 15 is 0 Å². The summed E-state index contributed by atoms with van der Waals surface area (Å²) in [5.41, 5.74) is -0.480. The third kappa shape index (κ3) is 8.69. The molecule has 0 aromatic rings. The molecular formula is C15H32N2O2S. The van der Waals surface area contributed by atoms with E-state index in [9.17, 15) is 4.79 Å². The number of alkyl carbamates (subject to hydrolysis) is 1. The van der Waals surface area contributed by atoms with E-state index in [0.29, 0.717) is 6.54 Å². The minimum Gasteiger partial charge on any atom is -0.444 e. The minimum atomic E-state index is -0.447. The molecule has 0 bridgehead atoms. The molecule has 5 heteroatoms. The van der Waals surface area contributed by atoms with E-state index in [4.69, 9.17) is 4.74 Å². The third-order valence-corrected chi connectivity index (χ3v) is 4.05. The van der Waals surface area contributed by atoms with Gasteiger partial charge in [-0.05, 0) is 58.6 Å². The summed E-state index contributed by atoms with van der Waals surface area (Å²) in [6, 6.07) is 0. The molecule has 0 aliphatic heterocycles. The van der Waals surface area contributed by atoms with Crippen LogP contribution in [0.15, 0.2) is 0 Å². The molecule has 0 atom stereocenters. The van der Waals surface area contributed by atoms with Crippen molar-refractivity contribution in [2.45, 2.75) is 65.0 Å². The van der Waals surface area contributed by atoms with Gasteiger partial charge in [0, 0.05) is 12.1 Å². The Hall–Kier alpha value is -0.420. The molecule has 0 heterocycles. The lowest BCUT2D eigenvalue weighted by Gasteiger charge is -2.33. The SMILES string of the molecule is CCC(CC)(CNC(=O)OC(C)(C)C)NCCCSC. The zero-order chi connectivity index (χ0) is 15.6. The first-order valence-corrected chi connectivity index (χ1v) is 8.89. The molecule has 0 saturated carbocycles. The van der Waals surface area contributed by atoms with Crippen molar-refractivity contribution in [2.75, 3.05) is 25.1 Å². The standard InChI is InChI=1S/C15H32N2O2S/c1-7-15(8-2,17-10-9-11-20-6)12-16-13(18)19-14(3,4)5/h17H,7-12H2,1-6H3,(H,16,18). The van der Waals surface area contributed by atoms with E-state index in [1.165, 1.54) is 0 Å². The van der Waals surface area contributed by atoms with Gasteiger partial charge in [-0.25, -0.2) is 4.79 Å². The second kappa shape index (κ2) is 9.50. The van der Waals surface area contributed by atoms with Gasteiger partial charge in [0.05, 0.1) is 0 Å². The van der Waals surface area contributed by atoms with Crippen LogP contribution in [-0.2, 0) is 4.74 Å². The van der Waals surface area contributed by atoms with Gasteiger partial charge in [0.25, 0.3) is 0 Å². The molecule has 0 rings (SSSR count). The van der Waals surface area contributed by atoms with Crippen LogP contribution < -0.4 is 10.6 Å². The smallest absolute Gasteiger partial charge is 0.407 e. The van der Waals surface area contributed by atoms with E-state index in [-0.39, 0.29) is 11.6 Å². The fourth-order valence-electron chi connectivity index (χ4n) is 1.94. The number of rotatable bonds is 9. The highest BCUT2D eigenvalue weighted by atomic mass is 32.2. The van der Waals surface area contributed by atoms with Crippen molar-refractivity contribution in [1.29, 1.82) is 0 Å². The lowest BCUT2D eigenvalue weighted by molar-refractivity contribution is 0.0507. The average Bonchev–Trinajstić information content (AvgIpc) is 2.37. The lowest BCUT2D eigenvalue weighted by atomic mass is 9.92. The first kappa shape index (κ1) is 19.6. The normalized spacial score (nSPS) is 12.3. The van der Waals surface area contributed by atoms with Gasteiger partial charge in [0.15, 0.2) is 0 Å². The van der Waals surface area contributed by atoms with Gasteiger partial charge in [0.2, 0.25) is 0 Å². The Balaban J connectivity index is 4.27. The van der Waals surface area contributed by atoms with Crippen LogP contribution in [0.2, 0.25) is 0 Å². The highest BCUT2D eigenvalue weighted by molar-refractivity contribution is 7.98. The van der Waals surface area contributed by atoms with E-state index in [1.807, 2.05) is 32.5 Å². The number of carbonyl (C=O) groups excluding carboxylic acids is 1. The van der Waals surface area contributed by atoms with Crippen LogP contribution in [0.3, 0.4) is 0 Å². The summed E-state index contributed by atoms with van der Waals surface area (Å²) in [6.07, 6.45) is 4.90. The molecule has 0 aromatic carbocycles. The summed E-state index contributed by atoms with van der Waals surface area (Å²) in [5.74, 6) is 1.16. The predicted octanol–water partition coefficient (Wildman–Crippen LogP) is 3.41. The van der Waals surface area contributed by atoms with Crippen molar-refractivity contribution in [3.63, 3.8) is 0 Å². The van der Waals surface area contributed by atoms with Crippen LogP contribution in [0.1, 0.15) is 53.9 Å². The zero-order valence-electron chi connectivity index (χ0n) is 14.0. The van der Waals surface area contributed by atoms with Crippen LogP contribution in [0.25, 0.3) is 0 Å². The quantitative estimate of drug-likeness (QED) is 0.641. The Bertz CT molecular complexity index is 274. The molecule has 20 heavy (non-hydrogen) atoms. The number of carbonyl (C=O) groups is 1. The lowest BCUT2D eigenvalue weighted by Crippen LogP contribution is -2.53. The van der Waals surface area contributed by atoms with Gasteiger partial charge in [0.1, 0.15) is 5.60 Å². The number of hydrogen-bond acceptors (Lipinski definition) is 4. The van der Waals surface area contributed by atoms with Gasteiger partial charge in [-0.2, -0.15) is 11.8 Å². The molecule has 0 spiro atoms. The molecule has 0 aliphatic rings. The third-order valence-electron chi connectivity index (χ3n) is 3.35. The van der Waals surface area contributed by atoms with Crippen LogP contribution in [0.4, 0.5) is 4.79 Å². The molecule has 0 saturated heterocycles.